The van der Waals surface area contributed by atoms with Gasteiger partial charge in [0.15, 0.2) is 11.5 Å². The summed E-state index contributed by atoms with van der Waals surface area (Å²) in [6.45, 7) is 0.323. The second-order valence-corrected chi connectivity index (χ2v) is 5.50. The van der Waals surface area contributed by atoms with Crippen molar-refractivity contribution in [3.05, 3.63) is 23.8 Å². The summed E-state index contributed by atoms with van der Waals surface area (Å²) in [7, 11) is 1.63. The third kappa shape index (κ3) is 4.01. The van der Waals surface area contributed by atoms with E-state index in [1.807, 2.05) is 30.0 Å². The van der Waals surface area contributed by atoms with Crippen LogP contribution >= 0.6 is 11.8 Å². The van der Waals surface area contributed by atoms with Crippen molar-refractivity contribution in [2.24, 2.45) is 4.99 Å². The molecule has 0 saturated carbocycles. The second-order valence-electron chi connectivity index (χ2n) is 4.35. The molecule has 1 aromatic carbocycles. The Labute approximate surface area is 117 Å². The molecule has 1 saturated heterocycles. The molecule has 0 aliphatic carbocycles. The Balaban J connectivity index is 2.12. The molecule has 19 heavy (non-hydrogen) atoms. The minimum absolute atomic E-state index is 0.234. The van der Waals surface area contributed by atoms with Crippen LogP contribution in [0.15, 0.2) is 23.2 Å². The fourth-order valence-electron chi connectivity index (χ4n) is 2.02. The Kier molecular flexibility index (Phi) is 5.31. The zero-order valence-electron chi connectivity index (χ0n) is 10.9. The van der Waals surface area contributed by atoms with E-state index in [0.29, 0.717) is 6.54 Å². The summed E-state index contributed by atoms with van der Waals surface area (Å²) < 4.78 is 11.3. The number of rotatable bonds is 5. The van der Waals surface area contributed by atoms with Gasteiger partial charge in [0, 0.05) is 5.75 Å². The van der Waals surface area contributed by atoms with Crippen molar-refractivity contribution >= 4 is 17.8 Å². The second kappa shape index (κ2) is 7.22. The molecule has 1 aliphatic heterocycles. The van der Waals surface area contributed by atoms with Crippen LogP contribution in [0, 0.1) is 0 Å². The number of hydrogen-bond acceptors (Lipinski definition) is 5. The summed E-state index contributed by atoms with van der Waals surface area (Å²) in [6, 6.07) is 5.61. The van der Waals surface area contributed by atoms with Crippen LogP contribution in [-0.2, 0) is 11.3 Å². The molecule has 102 valence electrons. The molecule has 1 unspecified atom stereocenters. The number of nitrogens with zero attached hydrogens (tertiary/aromatic N) is 1. The van der Waals surface area contributed by atoms with E-state index >= 15 is 0 Å². The van der Waals surface area contributed by atoms with Gasteiger partial charge in [0.1, 0.15) is 6.10 Å². The fourth-order valence-corrected chi connectivity index (χ4v) is 3.05. The van der Waals surface area contributed by atoms with Crippen molar-refractivity contribution in [3.8, 4) is 11.5 Å². The lowest BCUT2D eigenvalue weighted by Gasteiger charge is -2.23. The van der Waals surface area contributed by atoms with Crippen molar-refractivity contribution in [1.29, 1.82) is 0 Å². The van der Waals surface area contributed by atoms with E-state index in [1.165, 1.54) is 12.2 Å². The van der Waals surface area contributed by atoms with E-state index in [-0.39, 0.29) is 6.10 Å². The SMILES string of the molecule is COc1ccc(CN=C=O)cc1OC1CCCSC1. The first-order chi connectivity index (χ1) is 9.33. The Morgan fingerprint density at radius 3 is 3.05 bits per heavy atom. The summed E-state index contributed by atoms with van der Waals surface area (Å²) in [5, 5.41) is 0. The molecule has 5 heteroatoms. The number of hydrogen-bond donors (Lipinski definition) is 0. The van der Waals surface area contributed by atoms with E-state index in [2.05, 4.69) is 4.99 Å². The van der Waals surface area contributed by atoms with Gasteiger partial charge in [-0.2, -0.15) is 11.8 Å². The predicted octanol–water partition coefficient (Wildman–Crippen LogP) is 2.81. The van der Waals surface area contributed by atoms with Gasteiger partial charge < -0.3 is 9.47 Å². The number of benzene rings is 1. The summed E-state index contributed by atoms with van der Waals surface area (Å²) >= 11 is 1.92. The first-order valence-corrected chi connectivity index (χ1v) is 7.44. The first-order valence-electron chi connectivity index (χ1n) is 6.28. The molecule has 2 rings (SSSR count). The van der Waals surface area contributed by atoms with Crippen molar-refractivity contribution < 1.29 is 14.3 Å². The first kappa shape index (κ1) is 14.0. The van der Waals surface area contributed by atoms with Gasteiger partial charge in [0.05, 0.1) is 13.7 Å². The van der Waals surface area contributed by atoms with E-state index in [1.54, 1.807) is 13.2 Å². The van der Waals surface area contributed by atoms with Crippen molar-refractivity contribution in [2.45, 2.75) is 25.5 Å². The van der Waals surface area contributed by atoms with Gasteiger partial charge >= 0.3 is 0 Å². The lowest BCUT2D eigenvalue weighted by atomic mass is 10.2. The fraction of sp³-hybridized carbons (Fsp3) is 0.500. The predicted molar refractivity (Wildman–Crippen MR) is 75.8 cm³/mol. The van der Waals surface area contributed by atoms with Crippen LogP contribution in [0.25, 0.3) is 0 Å². The molecule has 1 aromatic rings. The van der Waals surface area contributed by atoms with Gasteiger partial charge in [-0.05, 0) is 36.3 Å². The van der Waals surface area contributed by atoms with Crippen LogP contribution in [-0.4, -0.2) is 30.8 Å². The van der Waals surface area contributed by atoms with E-state index in [4.69, 9.17) is 9.47 Å². The normalized spacial score (nSPS) is 18.5. The van der Waals surface area contributed by atoms with Gasteiger partial charge in [-0.3, -0.25) is 0 Å². The van der Waals surface area contributed by atoms with Crippen molar-refractivity contribution in [2.75, 3.05) is 18.6 Å². The monoisotopic (exact) mass is 279 g/mol. The molecule has 0 N–H and O–H groups in total. The smallest absolute Gasteiger partial charge is 0.235 e. The van der Waals surface area contributed by atoms with Crippen LogP contribution < -0.4 is 9.47 Å². The van der Waals surface area contributed by atoms with Gasteiger partial charge in [0.2, 0.25) is 6.08 Å². The lowest BCUT2D eigenvalue weighted by Crippen LogP contribution is -2.23. The molecule has 0 amide bonds. The molecule has 1 atom stereocenters. The van der Waals surface area contributed by atoms with E-state index in [0.717, 1.165) is 29.2 Å². The third-order valence-electron chi connectivity index (χ3n) is 2.97. The number of aliphatic imine (C=N–C) groups is 1. The number of carbonyl (C=O) groups excluding carboxylic acids is 1. The highest BCUT2D eigenvalue weighted by Crippen LogP contribution is 2.31. The van der Waals surface area contributed by atoms with E-state index in [9.17, 15) is 4.79 Å². The topological polar surface area (TPSA) is 47.9 Å². The summed E-state index contributed by atoms with van der Waals surface area (Å²) in [6.07, 6.45) is 4.04. The maximum Gasteiger partial charge on any atom is 0.235 e. The van der Waals surface area contributed by atoms with Crippen molar-refractivity contribution in [1.82, 2.24) is 0 Å². The van der Waals surface area contributed by atoms with Gasteiger partial charge in [-0.25, -0.2) is 9.79 Å². The molecule has 0 spiro atoms. The molecule has 1 fully saturated rings. The molecule has 0 aromatic heterocycles. The maximum absolute atomic E-state index is 10.2. The molecule has 0 bridgehead atoms. The molecule has 0 radical (unpaired) electrons. The number of thioether (sulfide) groups is 1. The highest BCUT2D eigenvalue weighted by atomic mass is 32.2. The van der Waals surface area contributed by atoms with Gasteiger partial charge in [0.25, 0.3) is 0 Å². The molecule has 1 heterocycles. The van der Waals surface area contributed by atoms with Crippen LogP contribution in [0.1, 0.15) is 18.4 Å². The summed E-state index contributed by atoms with van der Waals surface area (Å²) in [4.78, 5) is 13.7. The molecular weight excluding hydrogens is 262 g/mol. The van der Waals surface area contributed by atoms with Crippen LogP contribution in [0.2, 0.25) is 0 Å². The maximum atomic E-state index is 10.2. The van der Waals surface area contributed by atoms with Crippen molar-refractivity contribution in [3.63, 3.8) is 0 Å². The number of isocyanates is 1. The summed E-state index contributed by atoms with van der Waals surface area (Å²) in [5.74, 6) is 3.67. The van der Waals surface area contributed by atoms with Crippen LogP contribution in [0.3, 0.4) is 0 Å². The minimum Gasteiger partial charge on any atom is -0.493 e. The Bertz CT molecular complexity index is 466. The largest absolute Gasteiger partial charge is 0.493 e. The summed E-state index contributed by atoms with van der Waals surface area (Å²) in [5.41, 5.74) is 0.919. The number of methoxy groups -OCH3 is 1. The van der Waals surface area contributed by atoms with E-state index < -0.39 is 0 Å². The molecule has 1 aliphatic rings. The Hall–Kier alpha value is -1.45. The minimum atomic E-state index is 0.234. The van der Waals surface area contributed by atoms with Gasteiger partial charge in [-0.15, -0.1) is 0 Å². The Morgan fingerprint density at radius 2 is 2.37 bits per heavy atom. The zero-order chi connectivity index (χ0) is 13.5. The quantitative estimate of drug-likeness (QED) is 0.614. The van der Waals surface area contributed by atoms with Gasteiger partial charge in [-0.1, -0.05) is 6.07 Å². The third-order valence-corrected chi connectivity index (χ3v) is 4.15. The molecular formula is C14H17NO3S. The average Bonchev–Trinajstić information content (AvgIpc) is 2.46. The zero-order valence-corrected chi connectivity index (χ0v) is 11.7. The average molecular weight is 279 g/mol. The Morgan fingerprint density at radius 1 is 1.47 bits per heavy atom. The number of ether oxygens (including phenoxy) is 2. The highest BCUT2D eigenvalue weighted by Gasteiger charge is 2.17. The standard InChI is InChI=1S/C14H17NO3S/c1-17-13-5-4-11(8-15-10-16)7-14(13)18-12-3-2-6-19-9-12/h4-5,7,12H,2-3,6,8-9H2,1H3. The lowest BCUT2D eigenvalue weighted by molar-refractivity contribution is 0.202. The highest BCUT2D eigenvalue weighted by molar-refractivity contribution is 7.99. The van der Waals surface area contributed by atoms with Crippen LogP contribution in [0.5, 0.6) is 11.5 Å². The molecule has 4 nitrogen and oxygen atoms in total. The van der Waals surface area contributed by atoms with Crippen LogP contribution in [0.4, 0.5) is 0 Å².